The van der Waals surface area contributed by atoms with Crippen LogP contribution in [0.2, 0.25) is 0 Å². The van der Waals surface area contributed by atoms with Gasteiger partial charge in [0.15, 0.2) is 6.10 Å². The van der Waals surface area contributed by atoms with E-state index in [1.807, 2.05) is 62.6 Å². The van der Waals surface area contributed by atoms with Gasteiger partial charge in [-0.25, -0.2) is 14.2 Å². The first-order valence-electron chi connectivity index (χ1n) is 18.1. The zero-order chi connectivity index (χ0) is 36.7. The summed E-state index contributed by atoms with van der Waals surface area (Å²) in [5.74, 6) is 0.519. The van der Waals surface area contributed by atoms with Crippen LogP contribution in [0.4, 0.5) is 10.2 Å². The molecule has 7 rings (SSSR count). The van der Waals surface area contributed by atoms with Crippen LogP contribution in [0.15, 0.2) is 48.7 Å². The summed E-state index contributed by atoms with van der Waals surface area (Å²) in [5.41, 5.74) is 4.47. The van der Waals surface area contributed by atoms with Crippen LogP contribution in [0, 0.1) is 12.7 Å². The van der Waals surface area contributed by atoms with Crippen molar-refractivity contribution in [3.05, 3.63) is 71.2 Å². The van der Waals surface area contributed by atoms with Crippen LogP contribution >= 0.6 is 0 Å². The molecule has 1 fully saturated rings. The molecule has 274 valence electrons. The van der Waals surface area contributed by atoms with Crippen molar-refractivity contribution in [2.75, 3.05) is 31.7 Å². The average molecular weight is 702 g/mol. The summed E-state index contributed by atoms with van der Waals surface area (Å²) in [6, 6.07) is 12.5. The Morgan fingerprint density at radius 2 is 1.82 bits per heavy atom. The number of aliphatic hydroxyl groups is 1. The summed E-state index contributed by atoms with van der Waals surface area (Å²) in [6.45, 7) is 15.6. The third kappa shape index (κ3) is 7.78. The van der Waals surface area contributed by atoms with Gasteiger partial charge in [-0.15, -0.1) is 0 Å². The number of imidazole rings is 1. The SMILES string of the molecule is COC(=O)C(OC(C)(C)C)c1c(C)c(C(C)O)c2nc3cn2c1N1CCC(C)(CC1)OCCCCC(C)Oc1ccc(F)cc1-c1cccc-3c1. The van der Waals surface area contributed by atoms with Gasteiger partial charge in [0.25, 0.3) is 0 Å². The number of nitrogens with zero attached hydrogens (tertiary/aromatic N) is 3. The number of rotatable bonds is 4. The fourth-order valence-corrected chi connectivity index (χ4v) is 7.44. The number of carbonyl (C=O) groups excluding carboxylic acids is 1. The molecule has 3 aliphatic rings. The molecule has 0 spiro atoms. The van der Waals surface area contributed by atoms with Crippen LogP contribution in [0.3, 0.4) is 0 Å². The number of benzene rings is 2. The van der Waals surface area contributed by atoms with Gasteiger partial charge in [-0.2, -0.15) is 0 Å². The summed E-state index contributed by atoms with van der Waals surface area (Å²) < 4.78 is 41.5. The Balaban J connectivity index is 1.61. The minimum atomic E-state index is -1.06. The molecule has 0 radical (unpaired) electrons. The van der Waals surface area contributed by atoms with Gasteiger partial charge in [0, 0.05) is 48.1 Å². The van der Waals surface area contributed by atoms with Gasteiger partial charge < -0.3 is 29.0 Å². The van der Waals surface area contributed by atoms with Crippen molar-refractivity contribution in [3.63, 3.8) is 0 Å². The molecule has 5 heterocycles. The predicted octanol–water partition coefficient (Wildman–Crippen LogP) is 8.53. The van der Waals surface area contributed by atoms with Crippen LogP contribution in [-0.2, 0) is 19.0 Å². The van der Waals surface area contributed by atoms with Crippen LogP contribution in [0.1, 0.15) is 103 Å². The lowest BCUT2D eigenvalue weighted by Gasteiger charge is -2.42. The van der Waals surface area contributed by atoms with E-state index in [9.17, 15) is 14.3 Å². The zero-order valence-electron chi connectivity index (χ0n) is 31.2. The van der Waals surface area contributed by atoms with Crippen molar-refractivity contribution in [1.29, 1.82) is 0 Å². The standard InChI is InChI=1S/C41H52FN3O6/c1-25-12-9-10-21-49-41(7)17-19-44(20-18-41)38-35(36(39(47)48-8)51-40(4,5)6)26(2)34(27(3)46)37-43-32(24-45(37)38)29-14-11-13-28(22-29)31-23-30(42)15-16-33(31)50-25/h11,13-16,22-25,27,36,46H,9-10,12,17-21H2,1-8H3. The Hall–Kier alpha value is -3.99. The molecule has 6 bridgehead atoms. The summed E-state index contributed by atoms with van der Waals surface area (Å²) in [5, 5.41) is 11.3. The lowest BCUT2D eigenvalue weighted by atomic mass is 9.91. The predicted molar refractivity (Wildman–Crippen MR) is 197 cm³/mol. The van der Waals surface area contributed by atoms with E-state index in [1.165, 1.54) is 19.2 Å². The van der Waals surface area contributed by atoms with E-state index in [0.29, 0.717) is 53.5 Å². The van der Waals surface area contributed by atoms with E-state index in [1.54, 1.807) is 13.0 Å². The summed E-state index contributed by atoms with van der Waals surface area (Å²) in [7, 11) is 1.37. The number of fused-ring (bicyclic) bond motifs is 8. The van der Waals surface area contributed by atoms with Crippen LogP contribution in [0.5, 0.6) is 5.75 Å². The molecule has 3 aliphatic heterocycles. The molecular weight excluding hydrogens is 649 g/mol. The van der Waals surface area contributed by atoms with E-state index in [2.05, 4.69) is 18.7 Å². The van der Waals surface area contributed by atoms with E-state index in [4.69, 9.17) is 23.9 Å². The molecule has 0 aliphatic carbocycles. The first-order valence-corrected chi connectivity index (χ1v) is 18.1. The number of halogens is 1. The van der Waals surface area contributed by atoms with Gasteiger partial charge in [-0.05, 0) is 116 Å². The molecule has 0 amide bonds. The molecular formula is C41H52FN3O6. The number of piperidine rings is 1. The van der Waals surface area contributed by atoms with Gasteiger partial charge in [0.1, 0.15) is 23.0 Å². The van der Waals surface area contributed by atoms with Gasteiger partial charge >= 0.3 is 5.97 Å². The Morgan fingerprint density at radius 3 is 2.51 bits per heavy atom. The van der Waals surface area contributed by atoms with Crippen LogP contribution in [0.25, 0.3) is 28.0 Å². The lowest BCUT2D eigenvalue weighted by molar-refractivity contribution is -0.164. The maximum Gasteiger partial charge on any atom is 0.339 e. The van der Waals surface area contributed by atoms with Gasteiger partial charge in [0.2, 0.25) is 0 Å². The smallest absolute Gasteiger partial charge is 0.339 e. The number of carbonyl (C=O) groups is 1. The number of aromatic nitrogens is 2. The third-order valence-electron chi connectivity index (χ3n) is 10.1. The second kappa shape index (κ2) is 14.6. The fraction of sp³-hybridized carbons (Fsp3) is 0.512. The lowest BCUT2D eigenvalue weighted by Crippen LogP contribution is -2.45. The van der Waals surface area contributed by atoms with E-state index in [0.717, 1.165) is 54.6 Å². The maximum absolute atomic E-state index is 14.7. The Labute approximate surface area is 300 Å². The van der Waals surface area contributed by atoms with Crippen molar-refractivity contribution < 1.29 is 33.2 Å². The van der Waals surface area contributed by atoms with Gasteiger partial charge in [-0.3, -0.25) is 4.40 Å². The number of esters is 1. The highest BCUT2D eigenvalue weighted by Gasteiger charge is 2.39. The van der Waals surface area contributed by atoms with Crippen molar-refractivity contribution in [3.8, 4) is 28.1 Å². The van der Waals surface area contributed by atoms with Crippen molar-refractivity contribution in [2.24, 2.45) is 0 Å². The molecule has 1 N–H and O–H groups in total. The van der Waals surface area contributed by atoms with Crippen molar-refractivity contribution >= 4 is 17.4 Å². The molecule has 4 aromatic rings. The van der Waals surface area contributed by atoms with Crippen molar-refractivity contribution in [1.82, 2.24) is 9.38 Å². The van der Waals surface area contributed by atoms with Crippen LogP contribution in [-0.4, -0.2) is 64.6 Å². The molecule has 51 heavy (non-hydrogen) atoms. The van der Waals surface area contributed by atoms with Gasteiger partial charge in [0.05, 0.1) is 36.2 Å². The minimum absolute atomic E-state index is 0.0638. The van der Waals surface area contributed by atoms with E-state index < -0.39 is 23.8 Å². The van der Waals surface area contributed by atoms with E-state index >= 15 is 0 Å². The second-order valence-corrected chi connectivity index (χ2v) is 15.3. The van der Waals surface area contributed by atoms with Gasteiger partial charge in [-0.1, -0.05) is 18.2 Å². The molecule has 9 nitrogen and oxygen atoms in total. The zero-order valence-corrected chi connectivity index (χ0v) is 31.2. The quantitative estimate of drug-likeness (QED) is 0.212. The highest BCUT2D eigenvalue weighted by molar-refractivity contribution is 5.83. The first-order chi connectivity index (χ1) is 24.2. The highest BCUT2D eigenvalue weighted by Crippen LogP contribution is 2.43. The number of pyridine rings is 1. The summed E-state index contributed by atoms with van der Waals surface area (Å²) in [6.07, 6.45) is 4.17. The Morgan fingerprint density at radius 1 is 1.10 bits per heavy atom. The topological polar surface area (TPSA) is 94.8 Å². The Bertz CT molecular complexity index is 1890. The number of anilines is 1. The normalized spacial score (nSPS) is 21.2. The number of hydrogen-bond donors (Lipinski definition) is 1. The summed E-state index contributed by atoms with van der Waals surface area (Å²) in [4.78, 5) is 21.1. The highest BCUT2D eigenvalue weighted by atomic mass is 19.1. The second-order valence-electron chi connectivity index (χ2n) is 15.3. The fourth-order valence-electron chi connectivity index (χ4n) is 7.44. The molecule has 0 saturated carbocycles. The average Bonchev–Trinajstić information content (AvgIpc) is 3.51. The number of hydrogen-bond acceptors (Lipinski definition) is 8. The monoisotopic (exact) mass is 701 g/mol. The third-order valence-corrected chi connectivity index (χ3v) is 10.1. The largest absolute Gasteiger partial charge is 0.490 e. The molecule has 3 unspecified atom stereocenters. The molecule has 1 saturated heterocycles. The first kappa shape index (κ1) is 36.8. The molecule has 2 aromatic carbocycles. The van der Waals surface area contributed by atoms with Crippen molar-refractivity contribution in [2.45, 2.75) is 110 Å². The van der Waals surface area contributed by atoms with E-state index in [-0.39, 0.29) is 17.5 Å². The molecule has 3 atom stereocenters. The van der Waals surface area contributed by atoms with Crippen LogP contribution < -0.4 is 9.64 Å². The summed E-state index contributed by atoms with van der Waals surface area (Å²) >= 11 is 0. The number of aliphatic hydroxyl groups excluding tert-OH is 1. The molecule has 10 heteroatoms. The number of ether oxygens (including phenoxy) is 4. The number of methoxy groups -OCH3 is 1. The minimum Gasteiger partial charge on any atom is -0.490 e. The molecule has 2 aromatic heterocycles. The Kier molecular flexibility index (Phi) is 10.5. The maximum atomic E-state index is 14.7.